The van der Waals surface area contributed by atoms with E-state index in [4.69, 9.17) is 9.26 Å². The molecular formula is C10H7BrF2N2O2. The Bertz CT molecular complexity index is 545. The highest BCUT2D eigenvalue weighted by molar-refractivity contribution is 9.10. The van der Waals surface area contributed by atoms with Crippen LogP contribution in [0.15, 0.2) is 21.1 Å². The summed E-state index contributed by atoms with van der Waals surface area (Å²) in [5.74, 6) is -1.61. The summed E-state index contributed by atoms with van der Waals surface area (Å²) in [5.41, 5.74) is 0. The second-order valence-electron chi connectivity index (χ2n) is 3.22. The lowest BCUT2D eigenvalue weighted by Crippen LogP contribution is -1.99. The minimum Gasteiger partial charge on any atom is -0.481 e. The van der Waals surface area contributed by atoms with Crippen molar-refractivity contribution >= 4 is 15.9 Å². The van der Waals surface area contributed by atoms with E-state index < -0.39 is 11.6 Å². The molecule has 0 N–H and O–H groups in total. The Balaban J connectivity index is 2.14. The number of nitrogens with zero attached hydrogens (tertiary/aromatic N) is 2. The van der Waals surface area contributed by atoms with E-state index in [0.717, 1.165) is 6.07 Å². The van der Waals surface area contributed by atoms with Crippen LogP contribution in [0.5, 0.6) is 5.75 Å². The molecule has 0 saturated carbocycles. The zero-order valence-corrected chi connectivity index (χ0v) is 10.3. The Morgan fingerprint density at radius 1 is 1.41 bits per heavy atom. The van der Waals surface area contributed by atoms with Crippen LogP contribution in [-0.4, -0.2) is 10.1 Å². The Hall–Kier alpha value is -1.50. The van der Waals surface area contributed by atoms with Gasteiger partial charge in [-0.05, 0) is 19.1 Å². The van der Waals surface area contributed by atoms with Crippen molar-refractivity contribution < 1.29 is 18.0 Å². The molecule has 2 aromatic rings. The van der Waals surface area contributed by atoms with Crippen molar-refractivity contribution in [2.45, 2.75) is 13.5 Å². The maximum atomic E-state index is 13.3. The summed E-state index contributed by atoms with van der Waals surface area (Å²) >= 11 is 3.04. The quantitative estimate of drug-likeness (QED) is 0.818. The molecule has 0 amide bonds. The van der Waals surface area contributed by atoms with Crippen LogP contribution in [0.1, 0.15) is 11.7 Å². The first-order chi connectivity index (χ1) is 8.06. The predicted octanol–water partition coefficient (Wildman–Crippen LogP) is 3.00. The highest BCUT2D eigenvalue weighted by Crippen LogP contribution is 2.25. The lowest BCUT2D eigenvalue weighted by molar-refractivity contribution is 0.231. The second-order valence-corrected chi connectivity index (χ2v) is 4.14. The van der Waals surface area contributed by atoms with Crippen molar-refractivity contribution in [2.75, 3.05) is 0 Å². The third-order valence-electron chi connectivity index (χ3n) is 1.88. The lowest BCUT2D eigenvalue weighted by atomic mass is 10.3. The minimum absolute atomic E-state index is 0.117. The zero-order chi connectivity index (χ0) is 12.4. The van der Waals surface area contributed by atoms with Crippen LogP contribution in [0, 0.1) is 18.6 Å². The van der Waals surface area contributed by atoms with Gasteiger partial charge in [0, 0.05) is 4.47 Å². The largest absolute Gasteiger partial charge is 0.481 e. The fraction of sp³-hybridized carbons (Fsp3) is 0.200. The standard InChI is InChI=1S/C10H7BrF2N2O2/c1-5-14-9(17-15-5)4-16-8-3-6(11)2-7(12)10(8)13/h2-3H,4H2,1H3. The van der Waals surface area contributed by atoms with Gasteiger partial charge in [0.15, 0.2) is 24.0 Å². The highest BCUT2D eigenvalue weighted by Gasteiger charge is 2.12. The molecule has 0 bridgehead atoms. The van der Waals surface area contributed by atoms with Gasteiger partial charge in [0.25, 0.3) is 5.89 Å². The molecule has 0 aliphatic rings. The van der Waals surface area contributed by atoms with Gasteiger partial charge < -0.3 is 9.26 Å². The lowest BCUT2D eigenvalue weighted by Gasteiger charge is -2.05. The molecule has 0 saturated heterocycles. The molecule has 1 heterocycles. The minimum atomic E-state index is -1.05. The second kappa shape index (κ2) is 4.79. The Labute approximate surface area is 104 Å². The molecule has 1 aromatic heterocycles. The van der Waals surface area contributed by atoms with Crippen LogP contribution in [0.4, 0.5) is 8.78 Å². The van der Waals surface area contributed by atoms with Crippen molar-refractivity contribution in [2.24, 2.45) is 0 Å². The Kier molecular flexibility index (Phi) is 3.37. The van der Waals surface area contributed by atoms with Gasteiger partial charge in [-0.25, -0.2) is 4.39 Å². The topological polar surface area (TPSA) is 48.2 Å². The molecule has 1 aromatic carbocycles. The van der Waals surface area contributed by atoms with Crippen LogP contribution in [-0.2, 0) is 6.61 Å². The molecule has 0 atom stereocenters. The Morgan fingerprint density at radius 2 is 2.18 bits per heavy atom. The van der Waals surface area contributed by atoms with Gasteiger partial charge in [-0.15, -0.1) is 0 Å². The number of halogens is 3. The summed E-state index contributed by atoms with van der Waals surface area (Å²) in [6, 6.07) is 2.33. The van der Waals surface area contributed by atoms with Gasteiger partial charge >= 0.3 is 0 Å². The van der Waals surface area contributed by atoms with E-state index in [1.807, 2.05) is 0 Å². The molecule has 0 spiro atoms. The molecule has 0 fully saturated rings. The SMILES string of the molecule is Cc1noc(COc2cc(Br)cc(F)c2F)n1. The number of hydrogen-bond acceptors (Lipinski definition) is 4. The highest BCUT2D eigenvalue weighted by atomic mass is 79.9. The number of aryl methyl sites for hydroxylation is 1. The average Bonchev–Trinajstić information content (AvgIpc) is 2.67. The number of benzene rings is 1. The molecule has 0 unspecified atom stereocenters. The van der Waals surface area contributed by atoms with Crippen molar-refractivity contribution in [1.29, 1.82) is 0 Å². The summed E-state index contributed by atoms with van der Waals surface area (Å²) in [4.78, 5) is 3.87. The average molecular weight is 305 g/mol. The number of hydrogen-bond donors (Lipinski definition) is 0. The van der Waals surface area contributed by atoms with Crippen LogP contribution >= 0.6 is 15.9 Å². The summed E-state index contributed by atoms with van der Waals surface area (Å²) in [7, 11) is 0. The van der Waals surface area contributed by atoms with Gasteiger partial charge in [-0.1, -0.05) is 21.1 Å². The third kappa shape index (κ3) is 2.79. The van der Waals surface area contributed by atoms with Crippen molar-refractivity contribution in [3.8, 4) is 5.75 Å². The van der Waals surface area contributed by atoms with E-state index in [2.05, 4.69) is 26.1 Å². The molecule has 0 aliphatic carbocycles. The van der Waals surface area contributed by atoms with E-state index in [0.29, 0.717) is 10.3 Å². The van der Waals surface area contributed by atoms with Crippen LogP contribution < -0.4 is 4.74 Å². The maximum Gasteiger partial charge on any atom is 0.264 e. The summed E-state index contributed by atoms with van der Waals surface area (Å²) in [6.45, 7) is 1.53. The molecule has 90 valence electrons. The van der Waals surface area contributed by atoms with Gasteiger partial charge in [-0.2, -0.15) is 9.37 Å². The Morgan fingerprint density at radius 3 is 2.82 bits per heavy atom. The number of rotatable bonds is 3. The maximum absolute atomic E-state index is 13.3. The van der Waals surface area contributed by atoms with E-state index >= 15 is 0 Å². The normalized spacial score (nSPS) is 10.6. The smallest absolute Gasteiger partial charge is 0.264 e. The first kappa shape index (κ1) is 12.0. The van der Waals surface area contributed by atoms with Crippen LogP contribution in [0.25, 0.3) is 0 Å². The van der Waals surface area contributed by atoms with Gasteiger partial charge in [0.2, 0.25) is 5.82 Å². The fourth-order valence-corrected chi connectivity index (χ4v) is 1.58. The van der Waals surface area contributed by atoms with Crippen molar-refractivity contribution in [1.82, 2.24) is 10.1 Å². The molecular weight excluding hydrogens is 298 g/mol. The summed E-state index contributed by atoms with van der Waals surface area (Å²) in [5, 5.41) is 3.54. The number of aromatic nitrogens is 2. The van der Waals surface area contributed by atoms with E-state index in [9.17, 15) is 8.78 Å². The van der Waals surface area contributed by atoms with E-state index in [1.54, 1.807) is 6.92 Å². The van der Waals surface area contributed by atoms with Crippen molar-refractivity contribution in [3.63, 3.8) is 0 Å². The van der Waals surface area contributed by atoms with Gasteiger partial charge in [-0.3, -0.25) is 0 Å². The predicted molar refractivity (Wildman–Crippen MR) is 57.4 cm³/mol. The van der Waals surface area contributed by atoms with E-state index in [1.165, 1.54) is 6.07 Å². The number of ether oxygens (including phenoxy) is 1. The van der Waals surface area contributed by atoms with E-state index in [-0.39, 0.29) is 18.2 Å². The molecule has 4 nitrogen and oxygen atoms in total. The first-order valence-electron chi connectivity index (χ1n) is 4.63. The van der Waals surface area contributed by atoms with Gasteiger partial charge in [0.05, 0.1) is 0 Å². The molecule has 2 rings (SSSR count). The molecule has 7 heteroatoms. The van der Waals surface area contributed by atoms with Crippen LogP contribution in [0.3, 0.4) is 0 Å². The molecule has 0 radical (unpaired) electrons. The first-order valence-corrected chi connectivity index (χ1v) is 5.42. The summed E-state index contributed by atoms with van der Waals surface area (Å²) in [6.07, 6.45) is 0. The zero-order valence-electron chi connectivity index (χ0n) is 8.71. The monoisotopic (exact) mass is 304 g/mol. The molecule has 0 aliphatic heterocycles. The van der Waals surface area contributed by atoms with Crippen LogP contribution in [0.2, 0.25) is 0 Å². The third-order valence-corrected chi connectivity index (χ3v) is 2.34. The van der Waals surface area contributed by atoms with Gasteiger partial charge in [0.1, 0.15) is 0 Å². The summed E-state index contributed by atoms with van der Waals surface area (Å²) < 4.78 is 36.5. The molecule has 17 heavy (non-hydrogen) atoms. The van der Waals surface area contributed by atoms with Crippen molar-refractivity contribution in [3.05, 3.63) is 40.0 Å². The fourth-order valence-electron chi connectivity index (χ4n) is 1.18.